The summed E-state index contributed by atoms with van der Waals surface area (Å²) in [6.07, 6.45) is 3.20. The molecule has 4 aromatic rings. The van der Waals surface area contributed by atoms with E-state index in [-0.39, 0.29) is 0 Å². The van der Waals surface area contributed by atoms with Crippen molar-refractivity contribution in [1.82, 2.24) is 14.1 Å². The Bertz CT molecular complexity index is 1010. The molecule has 128 valence electrons. The van der Waals surface area contributed by atoms with Crippen molar-refractivity contribution in [3.63, 3.8) is 0 Å². The lowest BCUT2D eigenvalue weighted by molar-refractivity contribution is 0.136. The van der Waals surface area contributed by atoms with E-state index in [1.807, 2.05) is 17.7 Å². The Hall–Kier alpha value is -1.13. The summed E-state index contributed by atoms with van der Waals surface area (Å²) in [6, 6.07) is 13.0. The van der Waals surface area contributed by atoms with Gasteiger partial charge in [0.05, 0.1) is 19.2 Å². The number of nitrogens with zero attached hydrogens (tertiary/aromatic N) is 3. The van der Waals surface area contributed by atoms with Crippen LogP contribution in [0.25, 0.3) is 21.8 Å². The first-order valence-electron chi connectivity index (χ1n) is 8.06. The SMILES string of the molecule is Cc1nccn1C[C@@H](O)Cn1c2ccc(I)cc2c2cc(I)ccc21. The van der Waals surface area contributed by atoms with Gasteiger partial charge in [-0.25, -0.2) is 4.98 Å². The highest BCUT2D eigenvalue weighted by atomic mass is 127. The lowest BCUT2D eigenvalue weighted by atomic mass is 10.2. The molecular weight excluding hydrogens is 540 g/mol. The van der Waals surface area contributed by atoms with E-state index in [2.05, 4.69) is 91.1 Å². The van der Waals surface area contributed by atoms with Crippen LogP contribution in [-0.4, -0.2) is 25.3 Å². The fourth-order valence-corrected chi connectivity index (χ4v) is 4.32. The molecule has 0 radical (unpaired) electrons. The summed E-state index contributed by atoms with van der Waals surface area (Å²) in [5.41, 5.74) is 2.33. The number of rotatable bonds is 4. The third-order valence-electron chi connectivity index (χ3n) is 4.51. The average Bonchev–Trinajstić information content (AvgIpc) is 3.10. The summed E-state index contributed by atoms with van der Waals surface area (Å²) in [4.78, 5) is 4.23. The molecule has 0 saturated carbocycles. The monoisotopic (exact) mass is 557 g/mol. The maximum atomic E-state index is 10.7. The minimum atomic E-state index is -0.481. The second-order valence-corrected chi connectivity index (χ2v) is 8.71. The third-order valence-corrected chi connectivity index (χ3v) is 5.86. The molecule has 1 atom stereocenters. The molecule has 25 heavy (non-hydrogen) atoms. The normalized spacial score (nSPS) is 13.0. The first kappa shape index (κ1) is 17.3. The van der Waals surface area contributed by atoms with Crippen LogP contribution in [0.3, 0.4) is 0 Å². The highest BCUT2D eigenvalue weighted by molar-refractivity contribution is 14.1. The number of halogens is 2. The fourth-order valence-electron chi connectivity index (χ4n) is 3.34. The predicted octanol–water partition coefficient (Wildman–Crippen LogP) is 4.57. The van der Waals surface area contributed by atoms with Gasteiger partial charge in [-0.1, -0.05) is 0 Å². The summed E-state index contributed by atoms with van der Waals surface area (Å²) >= 11 is 4.70. The molecule has 0 spiro atoms. The molecular formula is C19H17I2N3O. The molecule has 2 aromatic heterocycles. The molecule has 0 aliphatic rings. The molecule has 4 nitrogen and oxygen atoms in total. The van der Waals surface area contributed by atoms with Gasteiger partial charge in [-0.3, -0.25) is 0 Å². The number of benzene rings is 2. The van der Waals surface area contributed by atoms with Crippen molar-refractivity contribution >= 4 is 67.0 Å². The van der Waals surface area contributed by atoms with Crippen molar-refractivity contribution in [2.75, 3.05) is 0 Å². The van der Waals surface area contributed by atoms with Crippen LogP contribution in [0.5, 0.6) is 0 Å². The average molecular weight is 557 g/mol. The third kappa shape index (κ3) is 3.31. The Labute approximate surface area is 173 Å². The highest BCUT2D eigenvalue weighted by Gasteiger charge is 2.15. The van der Waals surface area contributed by atoms with E-state index in [0.717, 1.165) is 5.82 Å². The van der Waals surface area contributed by atoms with Crippen molar-refractivity contribution in [1.29, 1.82) is 0 Å². The van der Waals surface area contributed by atoms with E-state index < -0.39 is 6.10 Å². The van der Waals surface area contributed by atoms with Crippen molar-refractivity contribution in [2.45, 2.75) is 26.1 Å². The van der Waals surface area contributed by atoms with Crippen LogP contribution in [0.2, 0.25) is 0 Å². The lowest BCUT2D eigenvalue weighted by Crippen LogP contribution is -2.22. The lowest BCUT2D eigenvalue weighted by Gasteiger charge is -2.15. The van der Waals surface area contributed by atoms with Gasteiger partial charge in [-0.2, -0.15) is 0 Å². The number of imidazole rings is 1. The van der Waals surface area contributed by atoms with E-state index in [9.17, 15) is 5.11 Å². The quantitative estimate of drug-likeness (QED) is 0.374. The minimum absolute atomic E-state index is 0.481. The molecule has 0 bridgehead atoms. The molecule has 0 aliphatic carbocycles. The first-order chi connectivity index (χ1) is 12.0. The van der Waals surface area contributed by atoms with Crippen molar-refractivity contribution in [2.24, 2.45) is 0 Å². The molecule has 0 amide bonds. The number of aryl methyl sites for hydroxylation is 1. The van der Waals surface area contributed by atoms with Gasteiger partial charge in [-0.15, -0.1) is 0 Å². The summed E-state index contributed by atoms with van der Waals surface area (Å²) in [7, 11) is 0. The summed E-state index contributed by atoms with van der Waals surface area (Å²) in [5.74, 6) is 0.922. The van der Waals surface area contributed by atoms with Crippen LogP contribution >= 0.6 is 45.2 Å². The first-order valence-corrected chi connectivity index (χ1v) is 10.2. The van der Waals surface area contributed by atoms with Gasteiger partial charge in [0.1, 0.15) is 5.82 Å². The molecule has 4 rings (SSSR count). The zero-order valence-corrected chi connectivity index (χ0v) is 18.0. The number of aliphatic hydroxyl groups is 1. The van der Waals surface area contributed by atoms with Gasteiger partial charge in [0.15, 0.2) is 0 Å². The van der Waals surface area contributed by atoms with E-state index >= 15 is 0 Å². The number of hydrogen-bond acceptors (Lipinski definition) is 2. The minimum Gasteiger partial charge on any atom is -0.389 e. The molecule has 0 aliphatic heterocycles. The van der Waals surface area contributed by atoms with E-state index in [1.165, 1.54) is 28.9 Å². The highest BCUT2D eigenvalue weighted by Crippen LogP contribution is 2.31. The van der Waals surface area contributed by atoms with Gasteiger partial charge in [0.25, 0.3) is 0 Å². The van der Waals surface area contributed by atoms with E-state index in [1.54, 1.807) is 6.20 Å². The van der Waals surface area contributed by atoms with Crippen LogP contribution in [0.15, 0.2) is 48.8 Å². The summed E-state index contributed by atoms with van der Waals surface area (Å²) in [5, 5.41) is 13.2. The van der Waals surface area contributed by atoms with Gasteiger partial charge in [0, 0.05) is 41.3 Å². The second-order valence-electron chi connectivity index (χ2n) is 6.21. The molecule has 2 aromatic carbocycles. The van der Waals surface area contributed by atoms with Gasteiger partial charge < -0.3 is 14.2 Å². The standard InChI is InChI=1S/C19H17I2N3O/c1-12-22-6-7-23(12)10-15(25)11-24-18-4-2-13(20)8-16(18)17-9-14(21)3-5-19(17)24/h2-9,15,25H,10-11H2,1H3/t15-/m1/s1. The molecule has 0 fully saturated rings. The predicted molar refractivity (Wildman–Crippen MR) is 118 cm³/mol. The Morgan fingerprint density at radius 3 is 2.12 bits per heavy atom. The Kier molecular flexibility index (Phi) is 4.76. The van der Waals surface area contributed by atoms with Crippen molar-refractivity contribution in [3.05, 3.63) is 61.8 Å². The number of hydrogen-bond donors (Lipinski definition) is 1. The van der Waals surface area contributed by atoms with Crippen molar-refractivity contribution in [3.8, 4) is 0 Å². The maximum Gasteiger partial charge on any atom is 0.105 e. The summed E-state index contributed by atoms with van der Waals surface area (Å²) in [6.45, 7) is 3.05. The molecule has 0 unspecified atom stereocenters. The topological polar surface area (TPSA) is 43.0 Å². The smallest absolute Gasteiger partial charge is 0.105 e. The van der Waals surface area contributed by atoms with Gasteiger partial charge in [-0.05, 0) is 88.5 Å². The zero-order chi connectivity index (χ0) is 17.6. The van der Waals surface area contributed by atoms with Crippen LogP contribution in [0.4, 0.5) is 0 Å². The molecule has 2 heterocycles. The summed E-state index contributed by atoms with van der Waals surface area (Å²) < 4.78 is 6.66. The maximum absolute atomic E-state index is 10.7. The van der Waals surface area contributed by atoms with E-state index in [4.69, 9.17) is 0 Å². The molecule has 6 heteroatoms. The zero-order valence-electron chi connectivity index (χ0n) is 13.7. The van der Waals surface area contributed by atoms with Crippen LogP contribution in [0.1, 0.15) is 5.82 Å². The van der Waals surface area contributed by atoms with Gasteiger partial charge >= 0.3 is 0 Å². The number of aromatic nitrogens is 3. The molecule has 1 N–H and O–H groups in total. The fraction of sp³-hybridized carbons (Fsp3) is 0.211. The molecule has 0 saturated heterocycles. The van der Waals surface area contributed by atoms with Crippen LogP contribution in [0, 0.1) is 14.1 Å². The van der Waals surface area contributed by atoms with E-state index in [0.29, 0.717) is 13.1 Å². The Morgan fingerprint density at radius 1 is 1.00 bits per heavy atom. The van der Waals surface area contributed by atoms with Crippen LogP contribution < -0.4 is 0 Å². The van der Waals surface area contributed by atoms with Gasteiger partial charge in [0.2, 0.25) is 0 Å². The van der Waals surface area contributed by atoms with Crippen LogP contribution in [-0.2, 0) is 13.1 Å². The number of fused-ring (bicyclic) bond motifs is 3. The Morgan fingerprint density at radius 2 is 1.60 bits per heavy atom. The second kappa shape index (κ2) is 6.88. The Balaban J connectivity index is 1.78. The van der Waals surface area contributed by atoms with Crippen molar-refractivity contribution < 1.29 is 5.11 Å². The number of aliphatic hydroxyl groups excluding tert-OH is 1. The largest absolute Gasteiger partial charge is 0.389 e.